The van der Waals surface area contributed by atoms with Crippen LogP contribution in [0.1, 0.15) is 65.5 Å². The number of likely N-dealkylation sites (tertiary alicyclic amines) is 1. The van der Waals surface area contributed by atoms with Gasteiger partial charge >= 0.3 is 0 Å². The van der Waals surface area contributed by atoms with Gasteiger partial charge in [0.1, 0.15) is 5.60 Å². The van der Waals surface area contributed by atoms with Gasteiger partial charge in [-0.1, -0.05) is 5.21 Å². The van der Waals surface area contributed by atoms with Gasteiger partial charge < -0.3 is 15.4 Å². The van der Waals surface area contributed by atoms with E-state index in [0.29, 0.717) is 30.9 Å². The lowest BCUT2D eigenvalue weighted by Crippen LogP contribution is -2.48. The summed E-state index contributed by atoms with van der Waals surface area (Å²) in [6.45, 7) is 2.17. The molecule has 4 heterocycles. The van der Waals surface area contributed by atoms with E-state index in [0.717, 1.165) is 51.6 Å². The quantitative estimate of drug-likeness (QED) is 0.835. The summed E-state index contributed by atoms with van der Waals surface area (Å²) in [4.78, 5) is 16.2. The summed E-state index contributed by atoms with van der Waals surface area (Å²) in [5, 5.41) is 10.6. The highest BCUT2D eigenvalue weighted by Crippen LogP contribution is 2.44. The molecular formula is C20H27N5O2S. The Kier molecular flexibility index (Phi) is 4.72. The van der Waals surface area contributed by atoms with Crippen LogP contribution in [0.15, 0.2) is 17.6 Å². The highest BCUT2D eigenvalue weighted by molar-refractivity contribution is 7.10. The van der Waals surface area contributed by atoms with Crippen molar-refractivity contribution in [2.75, 3.05) is 19.7 Å². The van der Waals surface area contributed by atoms with Gasteiger partial charge in [0.2, 0.25) is 0 Å². The SMILES string of the molecule is NC1CCC(n2cc(C(=O)N3CCC4(CC3)OCCc3ccsc34)nn2)CC1. The molecule has 1 spiro atoms. The van der Waals surface area contributed by atoms with Gasteiger partial charge in [-0.25, -0.2) is 4.68 Å². The maximum atomic E-state index is 13.0. The first-order valence-corrected chi connectivity index (χ1v) is 11.2. The predicted molar refractivity (Wildman–Crippen MR) is 106 cm³/mol. The Morgan fingerprint density at radius 1 is 1.25 bits per heavy atom. The minimum absolute atomic E-state index is 0.0178. The standard InChI is InChI=1S/C20H27N5O2S/c21-15-1-3-16(4-2-15)25-13-17(22-23-25)19(26)24-9-7-20(8-10-24)18-14(5-11-27-20)6-12-28-18/h6,12-13,15-16H,1-5,7-11,21H2. The van der Waals surface area contributed by atoms with Gasteiger partial charge in [0, 0.05) is 24.0 Å². The van der Waals surface area contributed by atoms with Gasteiger partial charge in [-0.3, -0.25) is 4.79 Å². The molecule has 0 aromatic carbocycles. The van der Waals surface area contributed by atoms with Gasteiger partial charge in [0.05, 0.1) is 18.8 Å². The lowest BCUT2D eigenvalue weighted by Gasteiger charge is -2.43. The molecule has 5 rings (SSSR count). The Morgan fingerprint density at radius 2 is 2.04 bits per heavy atom. The Labute approximate surface area is 168 Å². The van der Waals surface area contributed by atoms with Gasteiger partial charge in [-0.05, 0) is 62.0 Å². The molecule has 1 saturated heterocycles. The Hall–Kier alpha value is -1.77. The normalized spacial score (nSPS) is 27.0. The van der Waals surface area contributed by atoms with E-state index in [-0.39, 0.29) is 11.5 Å². The van der Waals surface area contributed by atoms with Crippen LogP contribution < -0.4 is 5.73 Å². The molecule has 0 unspecified atom stereocenters. The molecule has 2 N–H and O–H groups in total. The number of carbonyl (C=O) groups is 1. The van der Waals surface area contributed by atoms with E-state index in [9.17, 15) is 4.79 Å². The molecule has 3 aliphatic rings. The number of rotatable bonds is 2. The van der Waals surface area contributed by atoms with Gasteiger partial charge in [0.15, 0.2) is 5.69 Å². The summed E-state index contributed by atoms with van der Waals surface area (Å²) in [5.41, 5.74) is 7.67. The molecule has 2 fully saturated rings. The van der Waals surface area contributed by atoms with Crippen LogP contribution in [0.4, 0.5) is 0 Å². The van der Waals surface area contributed by atoms with Gasteiger partial charge in [-0.15, -0.1) is 16.4 Å². The molecule has 2 aromatic rings. The molecule has 1 aliphatic carbocycles. The predicted octanol–water partition coefficient (Wildman–Crippen LogP) is 2.49. The van der Waals surface area contributed by atoms with Gasteiger partial charge in [-0.2, -0.15) is 0 Å². The van der Waals surface area contributed by atoms with Crippen molar-refractivity contribution in [2.24, 2.45) is 5.73 Å². The van der Waals surface area contributed by atoms with Crippen LogP contribution in [0.5, 0.6) is 0 Å². The fourth-order valence-corrected chi connectivity index (χ4v) is 6.05. The topological polar surface area (TPSA) is 86.3 Å². The van der Waals surface area contributed by atoms with Crippen LogP contribution in [0.25, 0.3) is 0 Å². The number of carbonyl (C=O) groups excluding carboxylic acids is 1. The molecule has 7 nitrogen and oxygen atoms in total. The lowest BCUT2D eigenvalue weighted by molar-refractivity contribution is -0.0906. The molecular weight excluding hydrogens is 374 g/mol. The first-order chi connectivity index (χ1) is 13.6. The second-order valence-corrected chi connectivity index (χ2v) is 9.23. The summed E-state index contributed by atoms with van der Waals surface area (Å²) < 4.78 is 8.12. The molecule has 2 aliphatic heterocycles. The maximum absolute atomic E-state index is 13.0. The van der Waals surface area contributed by atoms with Crippen molar-refractivity contribution in [3.63, 3.8) is 0 Å². The smallest absolute Gasteiger partial charge is 0.276 e. The van der Waals surface area contributed by atoms with E-state index in [2.05, 4.69) is 21.8 Å². The maximum Gasteiger partial charge on any atom is 0.276 e. The molecule has 1 amide bonds. The monoisotopic (exact) mass is 401 g/mol. The van der Waals surface area contributed by atoms with E-state index in [1.54, 1.807) is 11.3 Å². The molecule has 0 radical (unpaired) electrons. The zero-order valence-electron chi connectivity index (χ0n) is 16.0. The summed E-state index contributed by atoms with van der Waals surface area (Å²) in [6, 6.07) is 2.83. The molecule has 1 saturated carbocycles. The third-order valence-electron chi connectivity index (χ3n) is 6.61. The number of nitrogens with two attached hydrogens (primary N) is 1. The lowest BCUT2D eigenvalue weighted by atomic mass is 9.85. The number of fused-ring (bicyclic) bond motifs is 2. The number of nitrogens with zero attached hydrogens (tertiary/aromatic N) is 4. The first-order valence-electron chi connectivity index (χ1n) is 10.3. The zero-order chi connectivity index (χ0) is 19.1. The Morgan fingerprint density at radius 3 is 2.82 bits per heavy atom. The van der Waals surface area contributed by atoms with Crippen molar-refractivity contribution >= 4 is 17.2 Å². The van der Waals surface area contributed by atoms with Crippen molar-refractivity contribution < 1.29 is 9.53 Å². The molecule has 0 atom stereocenters. The number of hydrogen-bond acceptors (Lipinski definition) is 6. The van der Waals surface area contributed by atoms with Crippen molar-refractivity contribution in [2.45, 2.75) is 62.6 Å². The second-order valence-electron chi connectivity index (χ2n) is 8.31. The third-order valence-corrected chi connectivity index (χ3v) is 7.76. The summed E-state index contributed by atoms with van der Waals surface area (Å²) in [5.74, 6) is -0.0178. The van der Waals surface area contributed by atoms with Crippen molar-refractivity contribution in [3.05, 3.63) is 33.8 Å². The highest BCUT2D eigenvalue weighted by atomic mass is 32.1. The minimum atomic E-state index is -0.197. The van der Waals surface area contributed by atoms with E-state index in [4.69, 9.17) is 10.5 Å². The fraction of sp³-hybridized carbons (Fsp3) is 0.650. The van der Waals surface area contributed by atoms with Crippen LogP contribution in [0.2, 0.25) is 0 Å². The van der Waals surface area contributed by atoms with Gasteiger partial charge in [0.25, 0.3) is 5.91 Å². The fourth-order valence-electron chi connectivity index (χ4n) is 4.88. The Balaban J connectivity index is 1.25. The molecule has 8 heteroatoms. The Bertz CT molecular complexity index is 846. The largest absolute Gasteiger partial charge is 0.369 e. The van der Waals surface area contributed by atoms with E-state index in [1.165, 1.54) is 10.4 Å². The number of ether oxygens (including phenoxy) is 1. The minimum Gasteiger partial charge on any atom is -0.369 e. The molecule has 28 heavy (non-hydrogen) atoms. The molecule has 150 valence electrons. The summed E-state index contributed by atoms with van der Waals surface area (Å²) in [6.07, 6.45) is 8.54. The second kappa shape index (κ2) is 7.24. The van der Waals surface area contributed by atoms with E-state index >= 15 is 0 Å². The number of piperidine rings is 1. The number of aromatic nitrogens is 3. The van der Waals surface area contributed by atoms with Crippen LogP contribution in [0.3, 0.4) is 0 Å². The van der Waals surface area contributed by atoms with Crippen molar-refractivity contribution in [3.8, 4) is 0 Å². The number of thiophene rings is 1. The average molecular weight is 402 g/mol. The van der Waals surface area contributed by atoms with E-state index < -0.39 is 0 Å². The summed E-state index contributed by atoms with van der Waals surface area (Å²) in [7, 11) is 0. The number of hydrogen-bond donors (Lipinski definition) is 1. The first kappa shape index (κ1) is 18.3. The molecule has 0 bridgehead atoms. The third kappa shape index (κ3) is 3.17. The summed E-state index contributed by atoms with van der Waals surface area (Å²) >= 11 is 1.79. The van der Waals surface area contributed by atoms with Crippen LogP contribution in [-0.2, 0) is 16.8 Å². The van der Waals surface area contributed by atoms with Crippen LogP contribution in [0, 0.1) is 0 Å². The van der Waals surface area contributed by atoms with Crippen molar-refractivity contribution in [1.29, 1.82) is 0 Å². The van der Waals surface area contributed by atoms with Crippen LogP contribution in [-0.4, -0.2) is 51.5 Å². The number of amides is 1. The molecule has 2 aromatic heterocycles. The van der Waals surface area contributed by atoms with Crippen molar-refractivity contribution in [1.82, 2.24) is 19.9 Å². The van der Waals surface area contributed by atoms with Crippen LogP contribution >= 0.6 is 11.3 Å². The zero-order valence-corrected chi connectivity index (χ0v) is 16.9. The van der Waals surface area contributed by atoms with E-state index in [1.807, 2.05) is 15.8 Å². The average Bonchev–Trinajstić information content (AvgIpc) is 3.39. The highest BCUT2D eigenvalue weighted by Gasteiger charge is 2.43.